The third-order valence-corrected chi connectivity index (χ3v) is 5.44. The normalized spacial score (nSPS) is 24.2. The van der Waals surface area contributed by atoms with Crippen LogP contribution in [0.2, 0.25) is 5.02 Å². The Morgan fingerprint density at radius 2 is 2.19 bits per heavy atom. The summed E-state index contributed by atoms with van der Waals surface area (Å²) in [6, 6.07) is 6.47. The van der Waals surface area contributed by atoms with Gasteiger partial charge in [-0.1, -0.05) is 24.6 Å². The second-order valence-electron chi connectivity index (χ2n) is 6.39. The van der Waals surface area contributed by atoms with Gasteiger partial charge in [-0.2, -0.15) is 0 Å². The van der Waals surface area contributed by atoms with Crippen LogP contribution in [0, 0.1) is 12.0 Å². The van der Waals surface area contributed by atoms with Crippen LogP contribution in [0.3, 0.4) is 0 Å². The molecule has 2 fully saturated rings. The highest BCUT2D eigenvalue weighted by atomic mass is 35.5. The van der Waals surface area contributed by atoms with Crippen LogP contribution < -0.4 is 10.2 Å². The van der Waals surface area contributed by atoms with Crippen LogP contribution in [0.5, 0.6) is 0 Å². The summed E-state index contributed by atoms with van der Waals surface area (Å²) in [6.07, 6.45) is 4.99. The van der Waals surface area contributed by atoms with Crippen molar-refractivity contribution in [3.63, 3.8) is 0 Å². The molecule has 3 rings (SSSR count). The Hall–Kier alpha value is -1.24. The predicted octanol–water partition coefficient (Wildman–Crippen LogP) is 4.25. The van der Waals surface area contributed by atoms with Crippen molar-refractivity contribution in [2.24, 2.45) is 5.41 Å². The number of benzene rings is 1. The first-order valence-electron chi connectivity index (χ1n) is 7.82. The number of hydrogen-bond donors (Lipinski definition) is 1. The summed E-state index contributed by atoms with van der Waals surface area (Å²) in [7, 11) is 0. The van der Waals surface area contributed by atoms with Crippen LogP contribution in [0.1, 0.15) is 32.6 Å². The molecule has 0 saturated carbocycles. The second kappa shape index (κ2) is 5.87. The van der Waals surface area contributed by atoms with E-state index >= 15 is 0 Å². The number of piperidine rings is 1. The molecule has 1 aromatic rings. The highest BCUT2D eigenvalue weighted by Crippen LogP contribution is 2.45. The maximum Gasteiger partial charge on any atom is 0.205 e. The molecule has 0 bridgehead atoms. The Labute approximate surface area is 132 Å². The molecule has 0 radical (unpaired) electrons. The molecule has 4 heteroatoms. The first-order chi connectivity index (χ1) is 10.2. The van der Waals surface area contributed by atoms with E-state index in [1.54, 1.807) is 0 Å². The van der Waals surface area contributed by atoms with Gasteiger partial charge in [0.15, 0.2) is 0 Å². The molecular weight excluding hydrogens is 282 g/mol. The highest BCUT2D eigenvalue weighted by molar-refractivity contribution is 6.33. The van der Waals surface area contributed by atoms with Crippen LogP contribution in [0.15, 0.2) is 18.2 Å². The highest BCUT2D eigenvalue weighted by Gasteiger charge is 2.43. The van der Waals surface area contributed by atoms with Crippen molar-refractivity contribution in [1.82, 2.24) is 5.32 Å². The summed E-state index contributed by atoms with van der Waals surface area (Å²) in [5.41, 5.74) is 2.19. The van der Waals surface area contributed by atoms with Crippen molar-refractivity contribution in [2.45, 2.75) is 38.6 Å². The lowest BCUT2D eigenvalue weighted by Gasteiger charge is -2.34. The zero-order valence-corrected chi connectivity index (χ0v) is 13.3. The summed E-state index contributed by atoms with van der Waals surface area (Å²) in [6.45, 7) is 12.8. The molecule has 2 aliphatic rings. The third kappa shape index (κ3) is 2.75. The van der Waals surface area contributed by atoms with E-state index in [0.29, 0.717) is 22.2 Å². The number of anilines is 1. The fraction of sp³-hybridized carbons (Fsp3) is 0.588. The molecule has 1 aromatic carbocycles. The Morgan fingerprint density at radius 1 is 1.43 bits per heavy atom. The molecule has 0 aromatic heterocycles. The number of hydrogen-bond acceptors (Lipinski definition) is 2. The maximum atomic E-state index is 7.12. The summed E-state index contributed by atoms with van der Waals surface area (Å²) in [5.74, 6) is 0. The van der Waals surface area contributed by atoms with E-state index in [1.165, 1.54) is 24.9 Å². The molecule has 1 atom stereocenters. The largest absolute Gasteiger partial charge is 0.368 e. The molecule has 2 heterocycles. The minimum absolute atomic E-state index is 0.469. The average Bonchev–Trinajstić information content (AvgIpc) is 2.86. The van der Waals surface area contributed by atoms with E-state index in [1.807, 2.05) is 12.1 Å². The summed E-state index contributed by atoms with van der Waals surface area (Å²) < 4.78 is 0. The van der Waals surface area contributed by atoms with Gasteiger partial charge in [-0.15, -0.1) is 0 Å². The second-order valence-corrected chi connectivity index (χ2v) is 6.80. The summed E-state index contributed by atoms with van der Waals surface area (Å²) >= 11 is 6.23. The van der Waals surface area contributed by atoms with Crippen LogP contribution in [0.4, 0.5) is 11.4 Å². The zero-order valence-electron chi connectivity index (χ0n) is 12.5. The monoisotopic (exact) mass is 303 g/mol. The van der Waals surface area contributed by atoms with Gasteiger partial charge in [0.05, 0.1) is 6.57 Å². The predicted molar refractivity (Wildman–Crippen MR) is 88.3 cm³/mol. The molecule has 1 N–H and O–H groups in total. The topological polar surface area (TPSA) is 19.6 Å². The summed E-state index contributed by atoms with van der Waals surface area (Å²) in [5, 5.41) is 4.05. The van der Waals surface area contributed by atoms with Gasteiger partial charge in [-0.25, -0.2) is 4.85 Å². The van der Waals surface area contributed by atoms with Gasteiger partial charge in [0.1, 0.15) is 0 Å². The third-order valence-electron chi connectivity index (χ3n) is 5.13. The van der Waals surface area contributed by atoms with E-state index in [2.05, 4.69) is 28.1 Å². The lowest BCUT2D eigenvalue weighted by atomic mass is 9.77. The molecule has 112 valence electrons. The van der Waals surface area contributed by atoms with Crippen molar-refractivity contribution in [3.8, 4) is 0 Å². The fourth-order valence-electron chi connectivity index (χ4n) is 3.92. The molecule has 0 aliphatic carbocycles. The first-order valence-corrected chi connectivity index (χ1v) is 8.20. The lowest BCUT2D eigenvalue weighted by Crippen LogP contribution is -2.38. The van der Waals surface area contributed by atoms with E-state index in [-0.39, 0.29) is 0 Å². The van der Waals surface area contributed by atoms with Crippen molar-refractivity contribution in [2.75, 3.05) is 24.5 Å². The number of rotatable bonds is 2. The van der Waals surface area contributed by atoms with Gasteiger partial charge in [0.2, 0.25) is 5.69 Å². The molecule has 21 heavy (non-hydrogen) atoms. The molecule has 1 spiro atoms. The quantitative estimate of drug-likeness (QED) is 0.824. The minimum Gasteiger partial charge on any atom is -0.368 e. The van der Waals surface area contributed by atoms with E-state index < -0.39 is 0 Å². The zero-order chi connectivity index (χ0) is 14.9. The van der Waals surface area contributed by atoms with E-state index in [9.17, 15) is 0 Å². The van der Waals surface area contributed by atoms with Crippen molar-refractivity contribution in [1.29, 1.82) is 0 Å². The molecule has 0 unspecified atom stereocenters. The van der Waals surface area contributed by atoms with Crippen LogP contribution in [-0.4, -0.2) is 25.7 Å². The van der Waals surface area contributed by atoms with Crippen molar-refractivity contribution in [3.05, 3.63) is 34.6 Å². The molecule has 0 amide bonds. The van der Waals surface area contributed by atoms with Gasteiger partial charge in [0, 0.05) is 23.3 Å². The SMILES string of the molecule is [C-]#[N+]c1ccc(N2CC3(CCNCC3)C[C@@H]2CC)cc1Cl. The van der Waals surface area contributed by atoms with E-state index in [4.69, 9.17) is 18.2 Å². The molecule has 3 nitrogen and oxygen atoms in total. The Bertz CT molecular complexity index is 558. The van der Waals surface area contributed by atoms with Gasteiger partial charge in [0.25, 0.3) is 0 Å². The Morgan fingerprint density at radius 3 is 2.81 bits per heavy atom. The maximum absolute atomic E-state index is 7.12. The summed E-state index contributed by atoms with van der Waals surface area (Å²) in [4.78, 5) is 5.97. The number of nitrogens with zero attached hydrogens (tertiary/aromatic N) is 2. The molecular formula is C17H22ClN3. The standard InChI is InChI=1S/C17H22ClN3/c1-3-13-11-17(6-8-20-9-7-17)12-21(13)14-4-5-16(19-2)15(18)10-14/h4-5,10,13,20H,3,6-9,11-12H2,1H3/t13-/m0/s1. The van der Waals surface area contributed by atoms with Crippen molar-refractivity contribution >= 4 is 23.0 Å². The first kappa shape index (κ1) is 14.7. The number of halogens is 1. The molecule has 2 aliphatic heterocycles. The van der Waals surface area contributed by atoms with Crippen LogP contribution in [-0.2, 0) is 0 Å². The van der Waals surface area contributed by atoms with Gasteiger partial charge >= 0.3 is 0 Å². The molecule has 2 saturated heterocycles. The van der Waals surface area contributed by atoms with Crippen LogP contribution in [0.25, 0.3) is 4.85 Å². The van der Waals surface area contributed by atoms with Crippen LogP contribution >= 0.6 is 11.6 Å². The van der Waals surface area contributed by atoms with Crippen molar-refractivity contribution < 1.29 is 0 Å². The lowest BCUT2D eigenvalue weighted by molar-refractivity contribution is 0.225. The fourth-order valence-corrected chi connectivity index (χ4v) is 4.13. The Balaban J connectivity index is 1.87. The average molecular weight is 304 g/mol. The van der Waals surface area contributed by atoms with Gasteiger partial charge < -0.3 is 10.2 Å². The Kier molecular flexibility index (Phi) is 4.10. The smallest absolute Gasteiger partial charge is 0.205 e. The minimum atomic E-state index is 0.469. The van der Waals surface area contributed by atoms with Gasteiger partial charge in [-0.05, 0) is 56.3 Å². The van der Waals surface area contributed by atoms with E-state index in [0.717, 1.165) is 26.1 Å². The van der Waals surface area contributed by atoms with Gasteiger partial charge in [-0.3, -0.25) is 0 Å². The number of nitrogens with one attached hydrogen (secondary N) is 1.